The van der Waals surface area contributed by atoms with Gasteiger partial charge in [-0.15, -0.1) is 11.3 Å². The van der Waals surface area contributed by atoms with Crippen molar-refractivity contribution in [2.45, 2.75) is 20.4 Å². The van der Waals surface area contributed by atoms with Gasteiger partial charge in [-0.2, -0.15) is 0 Å². The van der Waals surface area contributed by atoms with Crippen molar-refractivity contribution in [3.05, 3.63) is 51.7 Å². The van der Waals surface area contributed by atoms with Crippen LogP contribution in [-0.2, 0) is 11.3 Å². The Morgan fingerprint density at radius 3 is 2.56 bits per heavy atom. The smallest absolute Gasteiger partial charge is 0.236 e. The summed E-state index contributed by atoms with van der Waals surface area (Å²) in [7, 11) is 2.03. The summed E-state index contributed by atoms with van der Waals surface area (Å²) < 4.78 is 0. The lowest BCUT2D eigenvalue weighted by Crippen LogP contribution is -2.51. The van der Waals surface area contributed by atoms with Gasteiger partial charge in [0.25, 0.3) is 0 Å². The first-order valence-corrected chi connectivity index (χ1v) is 9.72. The molecule has 2 aromatic rings. The van der Waals surface area contributed by atoms with Gasteiger partial charge >= 0.3 is 0 Å². The Hall–Kier alpha value is -1.85. The summed E-state index contributed by atoms with van der Waals surface area (Å²) in [5.41, 5.74) is 3.86. The number of piperazine rings is 1. The second kappa shape index (κ2) is 8.02. The molecule has 1 aromatic heterocycles. The Labute approximate surface area is 154 Å². The number of rotatable bonds is 5. The van der Waals surface area contributed by atoms with Crippen LogP contribution in [0.25, 0.3) is 0 Å². The van der Waals surface area contributed by atoms with E-state index in [4.69, 9.17) is 0 Å². The fourth-order valence-electron chi connectivity index (χ4n) is 3.24. The maximum absolute atomic E-state index is 12.6. The Kier molecular flexibility index (Phi) is 5.76. The number of anilines is 1. The Morgan fingerprint density at radius 2 is 1.92 bits per heavy atom. The first-order valence-electron chi connectivity index (χ1n) is 8.84. The topological polar surface area (TPSA) is 26.8 Å². The summed E-state index contributed by atoms with van der Waals surface area (Å²) in [5.74, 6) is 0.237. The van der Waals surface area contributed by atoms with Crippen molar-refractivity contribution in [3.8, 4) is 0 Å². The Bertz CT molecular complexity index is 719. The maximum atomic E-state index is 12.6. The monoisotopic (exact) mass is 357 g/mol. The Balaban J connectivity index is 1.49. The van der Waals surface area contributed by atoms with Gasteiger partial charge in [-0.25, -0.2) is 0 Å². The number of thiophene rings is 1. The highest BCUT2D eigenvalue weighted by Gasteiger charge is 2.22. The quantitative estimate of drug-likeness (QED) is 0.822. The first kappa shape index (κ1) is 18.0. The SMILES string of the molecule is Cc1cccc(N2CCN(C(=O)CN(C)Cc3sccc3C)CC2)c1. The van der Waals surface area contributed by atoms with Gasteiger partial charge in [0, 0.05) is 43.3 Å². The predicted octanol–water partition coefficient (Wildman–Crippen LogP) is 3.15. The molecule has 25 heavy (non-hydrogen) atoms. The molecule has 5 heteroatoms. The summed E-state index contributed by atoms with van der Waals surface area (Å²) >= 11 is 1.77. The number of amides is 1. The molecule has 1 amide bonds. The lowest BCUT2D eigenvalue weighted by molar-refractivity contribution is -0.132. The summed E-state index contributed by atoms with van der Waals surface area (Å²) in [6.07, 6.45) is 0. The molecule has 2 heterocycles. The van der Waals surface area contributed by atoms with Crippen molar-refractivity contribution in [3.63, 3.8) is 0 Å². The largest absolute Gasteiger partial charge is 0.368 e. The molecule has 0 spiro atoms. The number of hydrogen-bond acceptors (Lipinski definition) is 4. The van der Waals surface area contributed by atoms with Crippen LogP contribution in [0, 0.1) is 13.8 Å². The lowest BCUT2D eigenvalue weighted by Gasteiger charge is -2.36. The summed E-state index contributed by atoms with van der Waals surface area (Å²) in [6, 6.07) is 10.7. The van der Waals surface area contributed by atoms with Crippen molar-refractivity contribution in [1.29, 1.82) is 0 Å². The second-order valence-corrected chi connectivity index (χ2v) is 7.91. The molecular formula is C20H27N3OS. The second-order valence-electron chi connectivity index (χ2n) is 6.91. The number of likely N-dealkylation sites (N-methyl/N-ethyl adjacent to an activating group) is 1. The van der Waals surface area contributed by atoms with Crippen LogP contribution < -0.4 is 4.90 Å². The van der Waals surface area contributed by atoms with Crippen molar-refractivity contribution < 1.29 is 4.79 Å². The minimum absolute atomic E-state index is 0.237. The van der Waals surface area contributed by atoms with E-state index in [1.165, 1.54) is 21.7 Å². The molecule has 1 aromatic carbocycles. The van der Waals surface area contributed by atoms with Gasteiger partial charge < -0.3 is 9.80 Å². The third-order valence-corrected chi connectivity index (χ3v) is 5.79. The molecule has 0 bridgehead atoms. The third-order valence-electron chi connectivity index (χ3n) is 4.79. The van der Waals surface area contributed by atoms with E-state index in [0.717, 1.165) is 32.7 Å². The van der Waals surface area contributed by atoms with E-state index in [-0.39, 0.29) is 5.91 Å². The van der Waals surface area contributed by atoms with Gasteiger partial charge in [-0.05, 0) is 55.6 Å². The van der Waals surface area contributed by atoms with Crippen LogP contribution in [0.3, 0.4) is 0 Å². The predicted molar refractivity (Wildman–Crippen MR) is 105 cm³/mol. The average Bonchev–Trinajstić information content (AvgIpc) is 2.99. The van der Waals surface area contributed by atoms with Crippen LogP contribution >= 0.6 is 11.3 Å². The number of aryl methyl sites for hydroxylation is 2. The number of hydrogen-bond donors (Lipinski definition) is 0. The van der Waals surface area contributed by atoms with E-state index in [0.29, 0.717) is 6.54 Å². The summed E-state index contributed by atoms with van der Waals surface area (Å²) in [5, 5.41) is 2.12. The molecule has 0 radical (unpaired) electrons. The normalized spacial score (nSPS) is 15.0. The van der Waals surface area contributed by atoms with E-state index >= 15 is 0 Å². The highest BCUT2D eigenvalue weighted by molar-refractivity contribution is 7.10. The molecule has 4 nitrogen and oxygen atoms in total. The van der Waals surface area contributed by atoms with Gasteiger partial charge in [0.2, 0.25) is 5.91 Å². The lowest BCUT2D eigenvalue weighted by atomic mass is 10.2. The summed E-state index contributed by atoms with van der Waals surface area (Å²) in [4.78, 5) is 20.4. The molecule has 0 N–H and O–H groups in total. The molecule has 0 unspecified atom stereocenters. The highest BCUT2D eigenvalue weighted by Crippen LogP contribution is 2.19. The van der Waals surface area contributed by atoms with E-state index in [2.05, 4.69) is 59.4 Å². The van der Waals surface area contributed by atoms with Crippen LogP contribution in [0.1, 0.15) is 16.0 Å². The van der Waals surface area contributed by atoms with Crippen LogP contribution in [-0.4, -0.2) is 55.5 Å². The zero-order valence-corrected chi connectivity index (χ0v) is 16.2. The van der Waals surface area contributed by atoms with Crippen LogP contribution in [0.2, 0.25) is 0 Å². The van der Waals surface area contributed by atoms with E-state index in [1.54, 1.807) is 11.3 Å². The van der Waals surface area contributed by atoms with E-state index < -0.39 is 0 Å². The summed E-state index contributed by atoms with van der Waals surface area (Å²) in [6.45, 7) is 9.00. The number of benzene rings is 1. The van der Waals surface area contributed by atoms with Gasteiger partial charge in [0.15, 0.2) is 0 Å². The van der Waals surface area contributed by atoms with Crippen LogP contribution in [0.4, 0.5) is 5.69 Å². The minimum Gasteiger partial charge on any atom is -0.368 e. The average molecular weight is 358 g/mol. The zero-order valence-electron chi connectivity index (χ0n) is 15.4. The fraction of sp³-hybridized carbons (Fsp3) is 0.450. The molecule has 1 saturated heterocycles. The highest BCUT2D eigenvalue weighted by atomic mass is 32.1. The maximum Gasteiger partial charge on any atom is 0.236 e. The molecule has 0 aliphatic carbocycles. The minimum atomic E-state index is 0.237. The number of nitrogens with zero attached hydrogens (tertiary/aromatic N) is 3. The molecule has 1 fully saturated rings. The molecule has 0 saturated carbocycles. The van der Waals surface area contributed by atoms with Crippen molar-refractivity contribution in [1.82, 2.24) is 9.80 Å². The molecular weight excluding hydrogens is 330 g/mol. The van der Waals surface area contributed by atoms with Gasteiger partial charge in [-0.1, -0.05) is 12.1 Å². The number of carbonyl (C=O) groups excluding carboxylic acids is 1. The van der Waals surface area contributed by atoms with E-state index in [9.17, 15) is 4.79 Å². The van der Waals surface area contributed by atoms with Gasteiger partial charge in [0.1, 0.15) is 0 Å². The molecule has 134 valence electrons. The van der Waals surface area contributed by atoms with Gasteiger partial charge in [0.05, 0.1) is 6.54 Å². The molecule has 3 rings (SSSR count). The first-order chi connectivity index (χ1) is 12.0. The van der Waals surface area contributed by atoms with Crippen LogP contribution in [0.15, 0.2) is 35.7 Å². The van der Waals surface area contributed by atoms with Crippen molar-refractivity contribution >= 4 is 22.9 Å². The van der Waals surface area contributed by atoms with Crippen molar-refractivity contribution in [2.24, 2.45) is 0 Å². The third kappa shape index (κ3) is 4.61. The Morgan fingerprint density at radius 1 is 1.16 bits per heavy atom. The standard InChI is InChI=1S/C20H27N3OS/c1-16-5-4-6-18(13-16)22-8-10-23(11-9-22)20(24)15-21(3)14-19-17(2)7-12-25-19/h4-7,12-13H,8-11,14-15H2,1-3H3. The van der Waals surface area contributed by atoms with Gasteiger partial charge in [-0.3, -0.25) is 9.69 Å². The number of carbonyl (C=O) groups is 1. The van der Waals surface area contributed by atoms with Crippen LogP contribution in [0.5, 0.6) is 0 Å². The molecule has 1 aliphatic heterocycles. The zero-order chi connectivity index (χ0) is 17.8. The fourth-order valence-corrected chi connectivity index (χ4v) is 4.22. The molecule has 0 atom stereocenters. The molecule has 1 aliphatic rings. The van der Waals surface area contributed by atoms with E-state index in [1.807, 2.05) is 11.9 Å². The van der Waals surface area contributed by atoms with Crippen molar-refractivity contribution in [2.75, 3.05) is 44.7 Å².